The van der Waals surface area contributed by atoms with Gasteiger partial charge in [0.2, 0.25) is 0 Å². The topological polar surface area (TPSA) is 113 Å². The minimum Gasteiger partial charge on any atom is -0.493 e. The zero-order valence-corrected chi connectivity index (χ0v) is 19.3. The number of benzene rings is 2. The molecule has 2 aromatic carbocycles. The summed E-state index contributed by atoms with van der Waals surface area (Å²) in [6.07, 6.45) is -2.45. The quantitative estimate of drug-likeness (QED) is 0.573. The van der Waals surface area contributed by atoms with Crippen molar-refractivity contribution >= 4 is 25.8 Å². The second-order valence-corrected chi connectivity index (χ2v) is 11.1. The molecular formula is C22H25BrO7S. The van der Waals surface area contributed by atoms with E-state index in [1.54, 1.807) is 12.1 Å². The number of aliphatic hydroxyl groups is 3. The van der Waals surface area contributed by atoms with Gasteiger partial charge in [-0.15, -0.1) is 0 Å². The van der Waals surface area contributed by atoms with Crippen LogP contribution in [0.2, 0.25) is 0 Å². The Balaban J connectivity index is 1.63. The lowest BCUT2D eigenvalue weighted by Gasteiger charge is -2.40. The Morgan fingerprint density at radius 2 is 1.84 bits per heavy atom. The lowest BCUT2D eigenvalue weighted by atomic mass is 9.92. The highest BCUT2D eigenvalue weighted by Gasteiger charge is 2.48. The molecule has 5 atom stereocenters. The number of rotatable bonds is 4. The number of hydrogen-bond acceptors (Lipinski definition) is 7. The molecule has 2 aliphatic rings. The Morgan fingerprint density at radius 3 is 2.58 bits per heavy atom. The minimum absolute atomic E-state index is 0.520. The maximum absolute atomic E-state index is 12.0. The molecule has 2 heterocycles. The Bertz CT molecular complexity index is 1070. The van der Waals surface area contributed by atoms with Crippen molar-refractivity contribution in [1.82, 2.24) is 0 Å². The molecule has 3 N–H and O–H groups in total. The molecule has 0 spiro atoms. The Hall–Kier alpha value is -1.49. The van der Waals surface area contributed by atoms with E-state index in [1.165, 1.54) is 5.56 Å². The van der Waals surface area contributed by atoms with Crippen LogP contribution in [0.25, 0.3) is 0 Å². The highest BCUT2D eigenvalue weighted by Crippen LogP contribution is 2.36. The fourth-order valence-corrected chi connectivity index (χ4v) is 5.50. The molecule has 168 valence electrons. The first kappa shape index (κ1) is 22.7. The van der Waals surface area contributed by atoms with Crippen molar-refractivity contribution in [2.24, 2.45) is 0 Å². The highest BCUT2D eigenvalue weighted by molar-refractivity contribution is 9.10. The molecule has 0 aliphatic carbocycles. The third-order valence-corrected chi connectivity index (χ3v) is 7.76. The van der Waals surface area contributed by atoms with E-state index in [0.29, 0.717) is 12.0 Å². The Morgan fingerprint density at radius 1 is 1.06 bits per heavy atom. The summed E-state index contributed by atoms with van der Waals surface area (Å²) in [4.78, 5) is 0. The lowest BCUT2D eigenvalue weighted by molar-refractivity contribution is -0.202. The van der Waals surface area contributed by atoms with Crippen LogP contribution in [0.5, 0.6) is 5.75 Å². The molecule has 7 nitrogen and oxygen atoms in total. The number of sulfone groups is 1. The van der Waals surface area contributed by atoms with Crippen LogP contribution < -0.4 is 4.74 Å². The number of ether oxygens (including phenoxy) is 2. The highest BCUT2D eigenvalue weighted by atomic mass is 79.9. The maximum Gasteiger partial charge on any atom is 0.187 e. The third kappa shape index (κ3) is 4.67. The van der Waals surface area contributed by atoms with Gasteiger partial charge >= 0.3 is 0 Å². The molecule has 2 aromatic rings. The Labute approximate surface area is 189 Å². The second kappa shape index (κ2) is 8.80. The fraction of sp³-hybridized carbons (Fsp3) is 0.455. The number of aliphatic hydroxyl groups excluding tert-OH is 3. The molecule has 2 aliphatic heterocycles. The first-order chi connectivity index (χ1) is 14.6. The van der Waals surface area contributed by atoms with Gasteiger partial charge < -0.3 is 24.8 Å². The van der Waals surface area contributed by atoms with Crippen molar-refractivity contribution in [3.05, 3.63) is 63.1 Å². The van der Waals surface area contributed by atoms with Crippen molar-refractivity contribution < 1.29 is 33.2 Å². The number of hydrogen-bond donors (Lipinski definition) is 3. The van der Waals surface area contributed by atoms with Crippen LogP contribution in [0.1, 0.15) is 34.8 Å². The van der Waals surface area contributed by atoms with Crippen molar-refractivity contribution in [3.8, 4) is 5.75 Å². The van der Waals surface area contributed by atoms with E-state index in [9.17, 15) is 23.7 Å². The third-order valence-electron chi connectivity index (χ3n) is 5.76. The fourth-order valence-electron chi connectivity index (χ4n) is 4.13. The molecule has 0 amide bonds. The van der Waals surface area contributed by atoms with Crippen molar-refractivity contribution in [2.45, 2.75) is 49.1 Å². The summed E-state index contributed by atoms with van der Waals surface area (Å²) < 4.78 is 36.1. The van der Waals surface area contributed by atoms with Crippen molar-refractivity contribution in [2.75, 3.05) is 12.9 Å². The second-order valence-electron chi connectivity index (χ2n) is 8.15. The molecule has 0 aromatic heterocycles. The van der Waals surface area contributed by atoms with E-state index in [-0.39, 0.29) is 0 Å². The van der Waals surface area contributed by atoms with Crippen LogP contribution in [0.3, 0.4) is 0 Å². The molecule has 1 fully saturated rings. The van der Waals surface area contributed by atoms with E-state index in [2.05, 4.69) is 22.0 Å². The van der Waals surface area contributed by atoms with Gasteiger partial charge in [0.05, 0.1) is 6.61 Å². The summed E-state index contributed by atoms with van der Waals surface area (Å²) in [6.45, 7) is 0.735. The van der Waals surface area contributed by atoms with E-state index in [1.807, 2.05) is 18.2 Å². The summed E-state index contributed by atoms with van der Waals surface area (Å²) in [5, 5.41) is 30.8. The van der Waals surface area contributed by atoms with Crippen LogP contribution in [-0.4, -0.2) is 60.3 Å². The zero-order chi connectivity index (χ0) is 22.3. The van der Waals surface area contributed by atoms with E-state index < -0.39 is 39.7 Å². The van der Waals surface area contributed by atoms with Gasteiger partial charge in [-0.05, 0) is 53.6 Å². The molecule has 1 saturated heterocycles. The van der Waals surface area contributed by atoms with Crippen molar-refractivity contribution in [3.63, 3.8) is 0 Å². The molecule has 0 bridgehead atoms. The number of fused-ring (bicyclic) bond motifs is 1. The molecule has 0 radical (unpaired) electrons. The monoisotopic (exact) mass is 512 g/mol. The van der Waals surface area contributed by atoms with Crippen LogP contribution in [0.4, 0.5) is 0 Å². The molecule has 0 saturated carbocycles. The standard InChI is InChI=1S/C22H25BrO7S/c1-31(27,28)22-20(26)18(24)19(25)21(30-22)14-5-6-16(23)15(11-14)10-12-4-7-17-13(9-12)3-2-8-29-17/h4-7,9,11,18-22,24-26H,2-3,8,10H2,1H3/t18-,19-,20+,21+,22-/m1/s1. The van der Waals surface area contributed by atoms with Crippen LogP contribution in [-0.2, 0) is 27.4 Å². The predicted octanol–water partition coefficient (Wildman–Crippen LogP) is 1.89. The molecule has 9 heteroatoms. The van der Waals surface area contributed by atoms with Crippen LogP contribution >= 0.6 is 15.9 Å². The van der Waals surface area contributed by atoms with Crippen LogP contribution in [0, 0.1) is 0 Å². The molecule has 4 rings (SSSR count). The largest absolute Gasteiger partial charge is 0.493 e. The average molecular weight is 513 g/mol. The van der Waals surface area contributed by atoms with Gasteiger partial charge in [-0.1, -0.05) is 40.2 Å². The Kier molecular flexibility index (Phi) is 6.44. The summed E-state index contributed by atoms with van der Waals surface area (Å²) in [7, 11) is -3.81. The van der Waals surface area contributed by atoms with Gasteiger partial charge in [-0.25, -0.2) is 8.42 Å². The van der Waals surface area contributed by atoms with Crippen LogP contribution in [0.15, 0.2) is 40.9 Å². The van der Waals surface area contributed by atoms with Gasteiger partial charge in [0.25, 0.3) is 0 Å². The number of halogens is 1. The maximum atomic E-state index is 12.0. The van der Waals surface area contributed by atoms with Gasteiger partial charge in [-0.2, -0.15) is 0 Å². The SMILES string of the molecule is CS(=O)(=O)[C@H]1O[C@@H](c2ccc(Br)c(Cc3ccc4c(c3)CCCO4)c2)[C@H](O)[C@@H](O)[C@@H]1O. The first-order valence-electron chi connectivity index (χ1n) is 10.1. The average Bonchev–Trinajstić information content (AvgIpc) is 2.73. The van der Waals surface area contributed by atoms with Gasteiger partial charge in [0, 0.05) is 10.7 Å². The minimum atomic E-state index is -3.81. The van der Waals surface area contributed by atoms with Crippen molar-refractivity contribution in [1.29, 1.82) is 0 Å². The van der Waals surface area contributed by atoms with Gasteiger partial charge in [0.15, 0.2) is 15.3 Å². The normalized spacial score (nSPS) is 28.6. The molecular weight excluding hydrogens is 488 g/mol. The molecule has 31 heavy (non-hydrogen) atoms. The summed E-state index contributed by atoms with van der Waals surface area (Å²) >= 11 is 3.55. The number of aryl methyl sites for hydroxylation is 1. The zero-order valence-electron chi connectivity index (χ0n) is 16.9. The van der Waals surface area contributed by atoms with Gasteiger partial charge in [0.1, 0.15) is 30.2 Å². The summed E-state index contributed by atoms with van der Waals surface area (Å²) in [5.74, 6) is 0.918. The van der Waals surface area contributed by atoms with Gasteiger partial charge in [-0.3, -0.25) is 0 Å². The van der Waals surface area contributed by atoms with E-state index >= 15 is 0 Å². The molecule has 0 unspecified atom stereocenters. The van der Waals surface area contributed by atoms with E-state index in [0.717, 1.165) is 47.1 Å². The van der Waals surface area contributed by atoms with E-state index in [4.69, 9.17) is 9.47 Å². The lowest BCUT2D eigenvalue weighted by Crippen LogP contribution is -2.56. The summed E-state index contributed by atoms with van der Waals surface area (Å²) in [5.41, 5.74) is 2.09. The predicted molar refractivity (Wildman–Crippen MR) is 118 cm³/mol. The smallest absolute Gasteiger partial charge is 0.187 e. The summed E-state index contributed by atoms with van der Waals surface area (Å²) in [6, 6.07) is 11.4. The first-order valence-corrected chi connectivity index (χ1v) is 12.8.